The number of benzene rings is 1. The van der Waals surface area contributed by atoms with Crippen molar-refractivity contribution in [3.05, 3.63) is 71.4 Å². The van der Waals surface area contributed by atoms with Crippen LogP contribution in [0.2, 0.25) is 0 Å². The number of hydrogen-bond acceptors (Lipinski definition) is 5. The largest absolute Gasteiger partial charge is 0.497 e. The van der Waals surface area contributed by atoms with E-state index in [1.807, 2.05) is 54.7 Å². The summed E-state index contributed by atoms with van der Waals surface area (Å²) in [4.78, 5) is 21.9. The molecule has 3 aromatic heterocycles. The summed E-state index contributed by atoms with van der Waals surface area (Å²) in [5, 5.41) is 4.05. The third kappa shape index (κ3) is 3.49. The summed E-state index contributed by atoms with van der Waals surface area (Å²) >= 11 is 1.45. The summed E-state index contributed by atoms with van der Waals surface area (Å²) in [6, 6.07) is 15.0. The minimum absolute atomic E-state index is 0.145. The predicted molar refractivity (Wildman–Crippen MR) is 112 cm³/mol. The molecule has 7 heteroatoms. The van der Waals surface area contributed by atoms with E-state index in [0.29, 0.717) is 11.4 Å². The third-order valence-electron chi connectivity index (χ3n) is 4.59. The van der Waals surface area contributed by atoms with Gasteiger partial charge in [-0.05, 0) is 42.0 Å². The highest BCUT2D eigenvalue weighted by Gasteiger charge is 2.17. The van der Waals surface area contributed by atoms with Gasteiger partial charge in [0.2, 0.25) is 0 Å². The molecule has 0 aliphatic rings. The molecular formula is C21H20N4O2S. The number of rotatable bonds is 6. The molecule has 6 nitrogen and oxygen atoms in total. The van der Waals surface area contributed by atoms with Crippen LogP contribution in [0.4, 0.5) is 0 Å². The molecule has 1 atom stereocenters. The second kappa shape index (κ2) is 7.84. The molecule has 1 amide bonds. The Morgan fingerprint density at radius 1 is 1.29 bits per heavy atom. The number of hydrogen-bond donors (Lipinski definition) is 3. The Labute approximate surface area is 166 Å². The Morgan fingerprint density at radius 2 is 2.18 bits per heavy atom. The van der Waals surface area contributed by atoms with Crippen molar-refractivity contribution in [3.8, 4) is 16.2 Å². The predicted octanol–water partition coefficient (Wildman–Crippen LogP) is 3.73. The summed E-state index contributed by atoms with van der Waals surface area (Å²) in [6.45, 7) is 0.297. The van der Waals surface area contributed by atoms with E-state index in [4.69, 9.17) is 10.5 Å². The maximum absolute atomic E-state index is 12.8. The Morgan fingerprint density at radius 3 is 3.00 bits per heavy atom. The summed E-state index contributed by atoms with van der Waals surface area (Å²) < 4.78 is 5.26. The van der Waals surface area contributed by atoms with Gasteiger partial charge in [0.05, 0.1) is 18.0 Å². The number of carbonyl (C=O) groups excluding carboxylic acids is 1. The van der Waals surface area contributed by atoms with E-state index in [9.17, 15) is 4.79 Å². The van der Waals surface area contributed by atoms with Crippen molar-refractivity contribution in [1.82, 2.24) is 15.3 Å². The smallest absolute Gasteiger partial charge is 0.261 e. The number of ether oxygens (including phenoxy) is 1. The maximum Gasteiger partial charge on any atom is 0.261 e. The van der Waals surface area contributed by atoms with Gasteiger partial charge in [0.25, 0.3) is 5.91 Å². The fourth-order valence-corrected chi connectivity index (χ4v) is 4.10. The van der Waals surface area contributed by atoms with Crippen LogP contribution in [-0.4, -0.2) is 29.5 Å². The molecule has 4 N–H and O–H groups in total. The van der Waals surface area contributed by atoms with E-state index in [-0.39, 0.29) is 11.9 Å². The average molecular weight is 392 g/mol. The summed E-state index contributed by atoms with van der Waals surface area (Å²) in [5.74, 6) is 0.589. The number of aromatic nitrogens is 2. The van der Waals surface area contributed by atoms with Crippen LogP contribution >= 0.6 is 11.3 Å². The minimum atomic E-state index is -0.287. The van der Waals surface area contributed by atoms with Crippen LogP contribution in [0.25, 0.3) is 21.5 Å². The normalized spacial score (nSPS) is 12.1. The number of amides is 1. The maximum atomic E-state index is 12.8. The number of pyridine rings is 1. The van der Waals surface area contributed by atoms with Crippen LogP contribution in [0.3, 0.4) is 0 Å². The Balaban J connectivity index is 1.56. The van der Waals surface area contributed by atoms with E-state index in [1.54, 1.807) is 13.3 Å². The van der Waals surface area contributed by atoms with Gasteiger partial charge < -0.3 is 20.8 Å². The highest BCUT2D eigenvalue weighted by atomic mass is 32.1. The Kier molecular flexibility index (Phi) is 5.10. The zero-order chi connectivity index (χ0) is 19.5. The first kappa shape index (κ1) is 18.2. The molecule has 0 aliphatic heterocycles. The van der Waals surface area contributed by atoms with Crippen LogP contribution in [0.5, 0.6) is 5.75 Å². The van der Waals surface area contributed by atoms with Crippen molar-refractivity contribution in [3.63, 3.8) is 0 Å². The molecule has 0 fully saturated rings. The lowest BCUT2D eigenvalue weighted by Crippen LogP contribution is -2.32. The van der Waals surface area contributed by atoms with Crippen LogP contribution in [-0.2, 0) is 0 Å². The van der Waals surface area contributed by atoms with E-state index in [1.165, 1.54) is 11.3 Å². The topological polar surface area (TPSA) is 93.0 Å². The van der Waals surface area contributed by atoms with Crippen LogP contribution in [0, 0.1) is 0 Å². The molecule has 1 unspecified atom stereocenters. The van der Waals surface area contributed by atoms with Crippen LogP contribution in [0.1, 0.15) is 21.3 Å². The quantitative estimate of drug-likeness (QED) is 0.466. The molecule has 0 saturated carbocycles. The van der Waals surface area contributed by atoms with Crippen LogP contribution in [0.15, 0.2) is 60.9 Å². The zero-order valence-corrected chi connectivity index (χ0v) is 16.1. The Hall–Kier alpha value is -3.16. The highest BCUT2D eigenvalue weighted by molar-refractivity contribution is 7.17. The summed E-state index contributed by atoms with van der Waals surface area (Å²) in [5.41, 5.74) is 8.70. The SMILES string of the molecule is COc1cccc(C(CN)NC(=O)c2ccc(-c3ccnc4[nH]ccc34)s2)c1. The lowest BCUT2D eigenvalue weighted by atomic mass is 10.1. The monoisotopic (exact) mass is 392 g/mol. The molecule has 1 aromatic carbocycles. The van der Waals surface area contributed by atoms with Gasteiger partial charge in [-0.25, -0.2) is 4.98 Å². The molecule has 4 aromatic rings. The second-order valence-corrected chi connectivity index (χ2v) is 7.38. The number of H-pyrrole nitrogens is 1. The number of aromatic amines is 1. The molecule has 28 heavy (non-hydrogen) atoms. The lowest BCUT2D eigenvalue weighted by Gasteiger charge is -2.17. The fourth-order valence-electron chi connectivity index (χ4n) is 3.15. The van der Waals surface area contributed by atoms with Crippen molar-refractivity contribution < 1.29 is 9.53 Å². The number of methoxy groups -OCH3 is 1. The molecule has 0 saturated heterocycles. The summed E-state index contributed by atoms with van der Waals surface area (Å²) in [6.07, 6.45) is 3.63. The number of thiophene rings is 1. The fraction of sp³-hybridized carbons (Fsp3) is 0.143. The number of nitrogens with zero attached hydrogens (tertiary/aromatic N) is 1. The summed E-state index contributed by atoms with van der Waals surface area (Å²) in [7, 11) is 1.61. The standard InChI is InChI=1S/C21H20N4O2S/c1-27-14-4-2-3-13(11-14)17(12-22)25-21(26)19-6-5-18(28-19)15-7-9-23-20-16(15)8-10-24-20/h2-11,17H,12,22H2,1H3,(H,23,24)(H,25,26). The molecule has 3 heterocycles. The van der Waals surface area contributed by atoms with Crippen LogP contribution < -0.4 is 15.8 Å². The second-order valence-electron chi connectivity index (χ2n) is 6.30. The van der Waals surface area contributed by atoms with Crippen molar-refractivity contribution in [2.24, 2.45) is 5.73 Å². The van der Waals surface area contributed by atoms with E-state index < -0.39 is 0 Å². The average Bonchev–Trinajstić information content (AvgIpc) is 3.41. The highest BCUT2D eigenvalue weighted by Crippen LogP contribution is 2.33. The molecule has 0 bridgehead atoms. The van der Waals surface area contributed by atoms with E-state index >= 15 is 0 Å². The van der Waals surface area contributed by atoms with Gasteiger partial charge in [-0.2, -0.15) is 0 Å². The van der Waals surface area contributed by atoms with Crippen molar-refractivity contribution in [2.45, 2.75) is 6.04 Å². The third-order valence-corrected chi connectivity index (χ3v) is 5.71. The molecule has 4 rings (SSSR count). The van der Waals surface area contributed by atoms with Gasteiger partial charge in [-0.3, -0.25) is 4.79 Å². The first-order valence-electron chi connectivity index (χ1n) is 8.87. The van der Waals surface area contributed by atoms with Crippen molar-refractivity contribution >= 4 is 28.3 Å². The van der Waals surface area contributed by atoms with Crippen molar-refractivity contribution in [1.29, 1.82) is 0 Å². The number of carbonyl (C=O) groups is 1. The van der Waals surface area contributed by atoms with Gasteiger partial charge >= 0.3 is 0 Å². The van der Waals surface area contributed by atoms with Gasteiger partial charge in [0.15, 0.2) is 0 Å². The van der Waals surface area contributed by atoms with Gasteiger partial charge in [0.1, 0.15) is 11.4 Å². The minimum Gasteiger partial charge on any atom is -0.497 e. The number of nitrogens with one attached hydrogen (secondary N) is 2. The Bertz CT molecular complexity index is 1120. The number of nitrogens with two attached hydrogens (primary N) is 1. The molecule has 0 radical (unpaired) electrons. The van der Waals surface area contributed by atoms with Gasteiger partial charge in [-0.1, -0.05) is 12.1 Å². The lowest BCUT2D eigenvalue weighted by molar-refractivity contribution is 0.0942. The van der Waals surface area contributed by atoms with E-state index in [0.717, 1.165) is 32.8 Å². The first-order valence-corrected chi connectivity index (χ1v) is 9.68. The first-order chi connectivity index (χ1) is 13.7. The zero-order valence-electron chi connectivity index (χ0n) is 15.3. The van der Waals surface area contributed by atoms with E-state index in [2.05, 4.69) is 15.3 Å². The molecular weight excluding hydrogens is 372 g/mol. The van der Waals surface area contributed by atoms with Crippen molar-refractivity contribution in [2.75, 3.05) is 13.7 Å². The van der Waals surface area contributed by atoms with Gasteiger partial charge in [0, 0.05) is 34.8 Å². The molecule has 142 valence electrons. The van der Waals surface area contributed by atoms with Gasteiger partial charge in [-0.15, -0.1) is 11.3 Å². The molecule has 0 spiro atoms. The number of fused-ring (bicyclic) bond motifs is 1. The molecule has 0 aliphatic carbocycles.